The van der Waals surface area contributed by atoms with Crippen molar-refractivity contribution in [3.05, 3.63) is 52.5 Å². The first kappa shape index (κ1) is 14.7. The topological polar surface area (TPSA) is 48.4 Å². The maximum Gasteiger partial charge on any atom is 0.171 e. The lowest BCUT2D eigenvalue weighted by Gasteiger charge is -2.22. The molecule has 0 aliphatic rings. The molecule has 2 N–H and O–H groups in total. The maximum absolute atomic E-state index is 6.15. The van der Waals surface area contributed by atoms with Crippen molar-refractivity contribution < 1.29 is 9.15 Å². The molecule has 0 bridgehead atoms. The number of nitrogens with two attached hydrogens (primary N) is 1. The average Bonchev–Trinajstić information content (AvgIpc) is 2.77. The molecule has 0 radical (unpaired) electrons. The molecule has 1 aromatic carbocycles. The lowest BCUT2D eigenvalue weighted by atomic mass is 10.1. The highest BCUT2D eigenvalue weighted by atomic mass is 16.5. The van der Waals surface area contributed by atoms with Gasteiger partial charge in [-0.3, -0.25) is 0 Å². The molecule has 108 valence electrons. The summed E-state index contributed by atoms with van der Waals surface area (Å²) in [4.78, 5) is 0. The molecule has 2 rings (SSSR count). The van der Waals surface area contributed by atoms with Crippen LogP contribution in [0.2, 0.25) is 0 Å². The highest BCUT2D eigenvalue weighted by molar-refractivity contribution is 5.42. The Hall–Kier alpha value is -1.74. The first-order valence-corrected chi connectivity index (χ1v) is 6.95. The third-order valence-electron chi connectivity index (χ3n) is 3.54. The molecule has 0 amide bonds. The fourth-order valence-electron chi connectivity index (χ4n) is 2.29. The summed E-state index contributed by atoms with van der Waals surface area (Å²) in [5.41, 5.74) is 9.61. The number of furan rings is 1. The van der Waals surface area contributed by atoms with Gasteiger partial charge < -0.3 is 14.9 Å². The van der Waals surface area contributed by atoms with Gasteiger partial charge >= 0.3 is 0 Å². The van der Waals surface area contributed by atoms with E-state index in [1.165, 1.54) is 11.1 Å². The SMILES string of the molecule is Cc1cc(C)c(C)c(OC(c2ccc(C)o2)C(C)N)c1. The Balaban J connectivity index is 2.34. The smallest absolute Gasteiger partial charge is 0.171 e. The molecule has 0 spiro atoms. The molecular formula is C17H23NO2. The predicted octanol–water partition coefficient (Wildman–Crippen LogP) is 3.98. The van der Waals surface area contributed by atoms with Crippen LogP contribution in [0.25, 0.3) is 0 Å². The Morgan fingerprint density at radius 1 is 1.10 bits per heavy atom. The molecule has 0 saturated heterocycles. The highest BCUT2D eigenvalue weighted by Crippen LogP contribution is 2.30. The minimum Gasteiger partial charge on any atom is -0.481 e. The molecule has 1 heterocycles. The largest absolute Gasteiger partial charge is 0.481 e. The second-order valence-electron chi connectivity index (χ2n) is 5.55. The van der Waals surface area contributed by atoms with Gasteiger partial charge in [-0.1, -0.05) is 6.07 Å². The Kier molecular flexibility index (Phi) is 4.19. The van der Waals surface area contributed by atoms with E-state index in [1.54, 1.807) is 0 Å². The predicted molar refractivity (Wildman–Crippen MR) is 81.1 cm³/mol. The second kappa shape index (κ2) is 5.71. The number of aryl methyl sites for hydroxylation is 3. The van der Waals surface area contributed by atoms with E-state index in [4.69, 9.17) is 14.9 Å². The average molecular weight is 273 g/mol. The molecule has 0 aliphatic carbocycles. The number of hydrogen-bond acceptors (Lipinski definition) is 3. The van der Waals surface area contributed by atoms with Gasteiger partial charge in [0.05, 0.1) is 0 Å². The van der Waals surface area contributed by atoms with Gasteiger partial charge in [-0.05, 0) is 69.5 Å². The first-order chi connectivity index (χ1) is 9.38. The fourth-order valence-corrected chi connectivity index (χ4v) is 2.29. The summed E-state index contributed by atoms with van der Waals surface area (Å²) in [6.07, 6.45) is -0.274. The fraction of sp³-hybridized carbons (Fsp3) is 0.412. The third-order valence-corrected chi connectivity index (χ3v) is 3.54. The van der Waals surface area contributed by atoms with Crippen LogP contribution in [0.5, 0.6) is 5.75 Å². The molecule has 0 aliphatic heterocycles. The lowest BCUT2D eigenvalue weighted by Crippen LogP contribution is -2.29. The van der Waals surface area contributed by atoms with Crippen LogP contribution < -0.4 is 10.5 Å². The molecule has 3 nitrogen and oxygen atoms in total. The van der Waals surface area contributed by atoms with E-state index in [-0.39, 0.29) is 12.1 Å². The maximum atomic E-state index is 6.15. The van der Waals surface area contributed by atoms with Gasteiger partial charge in [0.15, 0.2) is 6.10 Å². The molecule has 0 saturated carbocycles. The minimum atomic E-state index is -0.274. The Bertz CT molecular complexity index is 599. The lowest BCUT2D eigenvalue weighted by molar-refractivity contribution is 0.150. The zero-order chi connectivity index (χ0) is 14.9. The summed E-state index contributed by atoms with van der Waals surface area (Å²) in [5, 5.41) is 0. The number of benzene rings is 1. The second-order valence-corrected chi connectivity index (χ2v) is 5.55. The van der Waals surface area contributed by atoms with Gasteiger partial charge in [0.25, 0.3) is 0 Å². The monoisotopic (exact) mass is 273 g/mol. The standard InChI is InChI=1S/C17H23NO2/c1-10-8-11(2)13(4)16(9-10)20-17(14(5)18)15-7-6-12(3)19-15/h6-9,14,17H,18H2,1-5H3. The van der Waals surface area contributed by atoms with E-state index < -0.39 is 0 Å². The van der Waals surface area contributed by atoms with Crippen molar-refractivity contribution in [2.24, 2.45) is 5.73 Å². The van der Waals surface area contributed by atoms with Crippen LogP contribution in [0.3, 0.4) is 0 Å². The van der Waals surface area contributed by atoms with Gasteiger partial charge in [-0.25, -0.2) is 0 Å². The van der Waals surface area contributed by atoms with Crippen molar-refractivity contribution in [2.45, 2.75) is 46.8 Å². The van der Waals surface area contributed by atoms with Gasteiger partial charge in [-0.2, -0.15) is 0 Å². The van der Waals surface area contributed by atoms with Crippen LogP contribution in [-0.4, -0.2) is 6.04 Å². The summed E-state index contributed by atoms with van der Waals surface area (Å²) in [7, 11) is 0. The quantitative estimate of drug-likeness (QED) is 0.916. The summed E-state index contributed by atoms with van der Waals surface area (Å²) >= 11 is 0. The van der Waals surface area contributed by atoms with Crippen LogP contribution in [-0.2, 0) is 0 Å². The summed E-state index contributed by atoms with van der Waals surface area (Å²) in [6.45, 7) is 10.1. The Morgan fingerprint density at radius 3 is 2.35 bits per heavy atom. The van der Waals surface area contributed by atoms with Crippen molar-refractivity contribution in [1.82, 2.24) is 0 Å². The zero-order valence-electron chi connectivity index (χ0n) is 12.9. The van der Waals surface area contributed by atoms with Crippen molar-refractivity contribution >= 4 is 0 Å². The van der Waals surface area contributed by atoms with Gasteiger partial charge in [-0.15, -0.1) is 0 Å². The summed E-state index contributed by atoms with van der Waals surface area (Å²) in [5.74, 6) is 2.52. The number of rotatable bonds is 4. The summed E-state index contributed by atoms with van der Waals surface area (Å²) < 4.78 is 11.8. The van der Waals surface area contributed by atoms with Gasteiger partial charge in [0.1, 0.15) is 17.3 Å². The Morgan fingerprint density at radius 2 is 1.80 bits per heavy atom. The highest BCUT2D eigenvalue weighted by Gasteiger charge is 2.22. The molecule has 20 heavy (non-hydrogen) atoms. The van der Waals surface area contributed by atoms with E-state index in [2.05, 4.69) is 26.8 Å². The van der Waals surface area contributed by atoms with E-state index in [9.17, 15) is 0 Å². The molecular weight excluding hydrogens is 250 g/mol. The van der Waals surface area contributed by atoms with Crippen molar-refractivity contribution in [3.8, 4) is 5.75 Å². The summed E-state index contributed by atoms with van der Waals surface area (Å²) in [6, 6.07) is 7.91. The van der Waals surface area contributed by atoms with Crippen LogP contribution in [0.15, 0.2) is 28.7 Å². The van der Waals surface area contributed by atoms with Crippen LogP contribution >= 0.6 is 0 Å². The molecule has 2 atom stereocenters. The molecule has 0 fully saturated rings. The van der Waals surface area contributed by atoms with Crippen LogP contribution in [0, 0.1) is 27.7 Å². The normalized spacial score (nSPS) is 14.1. The minimum absolute atomic E-state index is 0.152. The van der Waals surface area contributed by atoms with Crippen LogP contribution in [0.4, 0.5) is 0 Å². The van der Waals surface area contributed by atoms with Crippen molar-refractivity contribution in [2.75, 3.05) is 0 Å². The van der Waals surface area contributed by atoms with E-state index in [0.717, 1.165) is 22.8 Å². The molecule has 2 aromatic rings. The Labute approximate surface area is 120 Å². The van der Waals surface area contributed by atoms with Gasteiger partial charge in [0, 0.05) is 6.04 Å². The van der Waals surface area contributed by atoms with E-state index in [0.29, 0.717) is 0 Å². The van der Waals surface area contributed by atoms with Crippen LogP contribution in [0.1, 0.15) is 41.2 Å². The molecule has 1 aromatic heterocycles. The van der Waals surface area contributed by atoms with Crippen molar-refractivity contribution in [1.29, 1.82) is 0 Å². The van der Waals surface area contributed by atoms with E-state index in [1.807, 2.05) is 32.0 Å². The van der Waals surface area contributed by atoms with Crippen molar-refractivity contribution in [3.63, 3.8) is 0 Å². The van der Waals surface area contributed by atoms with Gasteiger partial charge in [0.2, 0.25) is 0 Å². The third kappa shape index (κ3) is 3.05. The molecule has 3 heteroatoms. The number of ether oxygens (including phenoxy) is 1. The zero-order valence-corrected chi connectivity index (χ0v) is 12.9. The molecule has 2 unspecified atom stereocenters. The number of hydrogen-bond donors (Lipinski definition) is 1. The van der Waals surface area contributed by atoms with E-state index >= 15 is 0 Å². The first-order valence-electron chi connectivity index (χ1n) is 6.95.